The van der Waals surface area contributed by atoms with Crippen molar-refractivity contribution in [3.63, 3.8) is 0 Å². The van der Waals surface area contributed by atoms with Crippen LogP contribution < -0.4 is 5.32 Å². The van der Waals surface area contributed by atoms with E-state index < -0.39 is 5.97 Å². The number of amides is 1. The van der Waals surface area contributed by atoms with Gasteiger partial charge in [0.05, 0.1) is 0 Å². The molecule has 4 nitrogen and oxygen atoms in total. The van der Waals surface area contributed by atoms with E-state index in [1.807, 2.05) is 32.0 Å². The zero-order valence-corrected chi connectivity index (χ0v) is 13.9. The predicted molar refractivity (Wildman–Crippen MR) is 86.8 cm³/mol. The molecule has 0 aromatic heterocycles. The van der Waals surface area contributed by atoms with Crippen molar-refractivity contribution in [3.05, 3.63) is 33.4 Å². The third-order valence-electron chi connectivity index (χ3n) is 3.19. The van der Waals surface area contributed by atoms with E-state index in [0.717, 1.165) is 9.99 Å². The van der Waals surface area contributed by atoms with Gasteiger partial charge in [0.15, 0.2) is 0 Å². The van der Waals surface area contributed by atoms with Crippen molar-refractivity contribution in [2.24, 2.45) is 5.41 Å². The van der Waals surface area contributed by atoms with E-state index >= 15 is 0 Å². The minimum absolute atomic E-state index is 0.0856. The molecule has 1 amide bonds. The number of rotatable bonds is 7. The highest BCUT2D eigenvalue weighted by Crippen LogP contribution is 2.26. The van der Waals surface area contributed by atoms with Gasteiger partial charge in [-0.15, -0.1) is 0 Å². The molecule has 0 radical (unpaired) electrons. The Kier molecular flexibility index (Phi) is 6.45. The van der Waals surface area contributed by atoms with Gasteiger partial charge in [-0.1, -0.05) is 19.9 Å². The smallest absolute Gasteiger partial charge is 0.303 e. The lowest BCUT2D eigenvalue weighted by atomic mass is 9.84. The lowest BCUT2D eigenvalue weighted by molar-refractivity contribution is -0.137. The average molecular weight is 389 g/mol. The lowest BCUT2D eigenvalue weighted by Gasteiger charge is -2.23. The van der Waals surface area contributed by atoms with E-state index in [4.69, 9.17) is 5.11 Å². The Balaban J connectivity index is 2.40. The number of carbonyl (C=O) groups excluding carboxylic acids is 1. The van der Waals surface area contributed by atoms with Gasteiger partial charge in [0.1, 0.15) is 0 Å². The Hall–Kier alpha value is -1.11. The van der Waals surface area contributed by atoms with Crippen molar-refractivity contribution in [1.82, 2.24) is 5.32 Å². The van der Waals surface area contributed by atoms with Crippen LogP contribution in [0.1, 0.15) is 43.5 Å². The first-order valence-corrected chi connectivity index (χ1v) is 7.64. The number of aliphatic carboxylic acids is 1. The summed E-state index contributed by atoms with van der Waals surface area (Å²) in [6.07, 6.45) is 1.54. The van der Waals surface area contributed by atoms with Crippen molar-refractivity contribution >= 4 is 34.5 Å². The van der Waals surface area contributed by atoms with Gasteiger partial charge in [-0.2, -0.15) is 0 Å². The summed E-state index contributed by atoms with van der Waals surface area (Å²) in [6, 6.07) is 7.42. The fraction of sp³-hybridized carbons (Fsp3) is 0.467. The summed E-state index contributed by atoms with van der Waals surface area (Å²) < 4.78 is 1.03. The number of nitrogens with one attached hydrogen (secondary N) is 1. The van der Waals surface area contributed by atoms with Crippen LogP contribution >= 0.6 is 22.6 Å². The fourth-order valence-electron chi connectivity index (χ4n) is 1.82. The number of carboxylic acids is 1. The molecule has 0 aliphatic heterocycles. The van der Waals surface area contributed by atoms with Crippen LogP contribution in [0, 0.1) is 8.99 Å². The minimum Gasteiger partial charge on any atom is -0.481 e. The summed E-state index contributed by atoms with van der Waals surface area (Å²) in [5, 5.41) is 11.6. The maximum absolute atomic E-state index is 11.9. The highest BCUT2D eigenvalue weighted by molar-refractivity contribution is 14.1. The zero-order chi connectivity index (χ0) is 15.2. The zero-order valence-electron chi connectivity index (χ0n) is 11.8. The topological polar surface area (TPSA) is 66.4 Å². The number of halogens is 1. The number of carboxylic acid groups (broad SMARTS) is 1. The van der Waals surface area contributed by atoms with Crippen molar-refractivity contribution < 1.29 is 14.7 Å². The van der Waals surface area contributed by atoms with Crippen LogP contribution in [0.5, 0.6) is 0 Å². The van der Waals surface area contributed by atoms with Gasteiger partial charge < -0.3 is 10.4 Å². The highest BCUT2D eigenvalue weighted by Gasteiger charge is 2.19. The maximum Gasteiger partial charge on any atom is 0.303 e. The van der Waals surface area contributed by atoms with E-state index in [2.05, 4.69) is 27.9 Å². The first kappa shape index (κ1) is 16.9. The molecule has 20 heavy (non-hydrogen) atoms. The summed E-state index contributed by atoms with van der Waals surface area (Å²) in [6.45, 7) is 4.60. The molecule has 0 aliphatic rings. The lowest BCUT2D eigenvalue weighted by Crippen LogP contribution is -2.28. The molecular weight excluding hydrogens is 369 g/mol. The monoisotopic (exact) mass is 389 g/mol. The number of hydrogen-bond donors (Lipinski definition) is 2. The molecule has 2 N–H and O–H groups in total. The van der Waals surface area contributed by atoms with Crippen molar-refractivity contribution in [2.45, 2.75) is 33.1 Å². The van der Waals surface area contributed by atoms with Gasteiger partial charge in [-0.05, 0) is 59.0 Å². The Morgan fingerprint density at radius 1 is 1.30 bits per heavy atom. The van der Waals surface area contributed by atoms with Crippen LogP contribution in [0.15, 0.2) is 24.3 Å². The molecule has 0 spiro atoms. The molecule has 1 aromatic carbocycles. The van der Waals surface area contributed by atoms with Crippen LogP contribution in [0.3, 0.4) is 0 Å². The highest BCUT2D eigenvalue weighted by atomic mass is 127. The minimum atomic E-state index is -0.777. The Morgan fingerprint density at radius 3 is 2.60 bits per heavy atom. The molecule has 0 bridgehead atoms. The predicted octanol–water partition coefficient (Wildman–Crippen LogP) is 3.30. The molecule has 0 saturated heterocycles. The summed E-state index contributed by atoms with van der Waals surface area (Å²) in [5.41, 5.74) is 0.566. The van der Waals surface area contributed by atoms with Crippen molar-refractivity contribution in [1.29, 1.82) is 0 Å². The Morgan fingerprint density at radius 2 is 2.00 bits per heavy atom. The van der Waals surface area contributed by atoms with Crippen molar-refractivity contribution in [2.75, 3.05) is 6.54 Å². The van der Waals surface area contributed by atoms with Crippen LogP contribution in [-0.2, 0) is 4.79 Å². The largest absolute Gasteiger partial charge is 0.481 e. The van der Waals surface area contributed by atoms with Crippen molar-refractivity contribution in [3.8, 4) is 0 Å². The van der Waals surface area contributed by atoms with Crippen LogP contribution in [-0.4, -0.2) is 23.5 Å². The van der Waals surface area contributed by atoms with Crippen LogP contribution in [0.2, 0.25) is 0 Å². The average Bonchev–Trinajstić information content (AvgIpc) is 2.36. The summed E-state index contributed by atoms with van der Waals surface area (Å²) in [4.78, 5) is 22.5. The third kappa shape index (κ3) is 6.36. The van der Waals surface area contributed by atoms with Crippen LogP contribution in [0.4, 0.5) is 0 Å². The maximum atomic E-state index is 11.9. The van der Waals surface area contributed by atoms with Gasteiger partial charge in [-0.25, -0.2) is 0 Å². The molecule has 1 rings (SSSR count). The van der Waals surface area contributed by atoms with Gasteiger partial charge in [0.25, 0.3) is 5.91 Å². The molecule has 0 unspecified atom stereocenters. The molecule has 0 fully saturated rings. The SMILES string of the molecule is CC(C)(CCNC(=O)c1cccc(I)c1)CCC(=O)O. The summed E-state index contributed by atoms with van der Waals surface area (Å²) in [7, 11) is 0. The first-order chi connectivity index (χ1) is 9.30. The first-order valence-electron chi connectivity index (χ1n) is 6.56. The third-order valence-corrected chi connectivity index (χ3v) is 3.86. The normalized spacial score (nSPS) is 11.2. The van der Waals surface area contributed by atoms with E-state index in [1.54, 1.807) is 6.07 Å². The van der Waals surface area contributed by atoms with E-state index in [1.165, 1.54) is 0 Å². The molecular formula is C15H20INO3. The van der Waals surface area contributed by atoms with Crippen LogP contribution in [0.25, 0.3) is 0 Å². The van der Waals surface area contributed by atoms with Gasteiger partial charge in [0, 0.05) is 22.1 Å². The van der Waals surface area contributed by atoms with E-state index in [-0.39, 0.29) is 17.7 Å². The van der Waals surface area contributed by atoms with E-state index in [9.17, 15) is 9.59 Å². The van der Waals surface area contributed by atoms with E-state index in [0.29, 0.717) is 18.5 Å². The molecule has 5 heteroatoms. The van der Waals surface area contributed by atoms with Gasteiger partial charge in [0.2, 0.25) is 0 Å². The molecule has 1 aromatic rings. The molecule has 0 atom stereocenters. The van der Waals surface area contributed by atoms with Gasteiger partial charge in [-0.3, -0.25) is 9.59 Å². The second kappa shape index (κ2) is 7.61. The Labute approximate surface area is 133 Å². The second-order valence-electron chi connectivity index (χ2n) is 5.57. The quantitative estimate of drug-likeness (QED) is 0.704. The number of hydrogen-bond acceptors (Lipinski definition) is 2. The number of benzene rings is 1. The van der Waals surface area contributed by atoms with Gasteiger partial charge >= 0.3 is 5.97 Å². The Bertz CT molecular complexity index is 486. The summed E-state index contributed by atoms with van der Waals surface area (Å²) >= 11 is 2.17. The molecule has 0 saturated carbocycles. The standard InChI is InChI=1S/C15H20INO3/c1-15(2,7-6-13(18)19)8-9-17-14(20)11-4-3-5-12(16)10-11/h3-5,10H,6-9H2,1-2H3,(H,17,20)(H,18,19). The molecule has 0 heterocycles. The fourth-order valence-corrected chi connectivity index (χ4v) is 2.36. The summed E-state index contributed by atoms with van der Waals surface area (Å²) in [5.74, 6) is -0.862. The molecule has 0 aliphatic carbocycles. The second-order valence-corrected chi connectivity index (χ2v) is 6.82. The molecule has 110 valence electrons. The number of carbonyl (C=O) groups is 2.